The lowest BCUT2D eigenvalue weighted by Crippen LogP contribution is -2.48. The van der Waals surface area contributed by atoms with Gasteiger partial charge in [0.05, 0.1) is 17.7 Å². The molecule has 0 heterocycles. The van der Waals surface area contributed by atoms with Gasteiger partial charge in [0.25, 0.3) is 0 Å². The Morgan fingerprint density at radius 2 is 1.70 bits per heavy atom. The lowest BCUT2D eigenvalue weighted by Gasteiger charge is -2.33. The standard InChI is InChI=1S/C17H20F3NO4.C12H22O3/c1-10(2)16(14(23)7-8-15(24)25)21(11(3)22)13-6-4-5-12(9-13)17(18,19)20;1-2-3-4-5-10-9(8-12(14)15)6-7-11(10)13/h4-6,9-10,16H,7-8H2,1-3H3,(H,24,25);9-11,13H,2-8H2,1H3,(H,14,15)/p-2. The van der Waals surface area contributed by atoms with Crippen molar-refractivity contribution in [2.45, 2.75) is 104 Å². The third-order valence-electron chi connectivity index (χ3n) is 7.11. The topological polar surface area (TPSA) is 138 Å². The molecule has 4 unspecified atom stereocenters. The van der Waals surface area contributed by atoms with Gasteiger partial charge in [-0.25, -0.2) is 0 Å². The number of alkyl halides is 3. The van der Waals surface area contributed by atoms with Gasteiger partial charge in [-0.15, -0.1) is 0 Å². The molecule has 1 fully saturated rings. The number of aliphatic hydroxyl groups is 1. The Hall–Kier alpha value is -2.95. The molecule has 0 saturated heterocycles. The first-order valence-electron chi connectivity index (χ1n) is 13.7. The van der Waals surface area contributed by atoms with E-state index in [1.807, 2.05) is 0 Å². The molecule has 1 aromatic rings. The van der Waals surface area contributed by atoms with Crippen molar-refractivity contribution < 1.29 is 47.7 Å². The quantitative estimate of drug-likeness (QED) is 0.359. The fourth-order valence-corrected chi connectivity index (χ4v) is 5.21. The number of rotatable bonds is 13. The van der Waals surface area contributed by atoms with Gasteiger partial charge in [-0.2, -0.15) is 13.2 Å². The highest BCUT2D eigenvalue weighted by molar-refractivity contribution is 6.01. The minimum absolute atomic E-state index is 0.0668. The molecule has 40 heavy (non-hydrogen) atoms. The van der Waals surface area contributed by atoms with Gasteiger partial charge in [-0.05, 0) is 68.1 Å². The Morgan fingerprint density at radius 3 is 2.20 bits per heavy atom. The maximum absolute atomic E-state index is 12.9. The smallest absolute Gasteiger partial charge is 0.416 e. The number of hydrogen-bond donors (Lipinski definition) is 1. The number of halogens is 3. The van der Waals surface area contributed by atoms with Crippen LogP contribution < -0.4 is 15.1 Å². The number of ketones is 1. The molecule has 1 amide bonds. The number of carboxylic acids is 2. The summed E-state index contributed by atoms with van der Waals surface area (Å²) in [4.78, 5) is 46.5. The molecule has 226 valence electrons. The van der Waals surface area contributed by atoms with E-state index < -0.39 is 53.7 Å². The van der Waals surface area contributed by atoms with Crippen LogP contribution >= 0.6 is 0 Å². The molecule has 1 N–H and O–H groups in total. The molecule has 1 saturated carbocycles. The van der Waals surface area contributed by atoms with Gasteiger partial charge in [0.1, 0.15) is 0 Å². The first-order chi connectivity index (χ1) is 18.6. The predicted molar refractivity (Wildman–Crippen MR) is 138 cm³/mol. The second-order valence-electron chi connectivity index (χ2n) is 10.6. The highest BCUT2D eigenvalue weighted by Gasteiger charge is 2.35. The van der Waals surface area contributed by atoms with Crippen LogP contribution in [0.3, 0.4) is 0 Å². The number of hydrogen-bond acceptors (Lipinski definition) is 7. The van der Waals surface area contributed by atoms with Crippen molar-refractivity contribution in [3.63, 3.8) is 0 Å². The number of aliphatic carboxylic acids is 2. The number of anilines is 1. The molecule has 0 radical (unpaired) electrons. The molecule has 0 aromatic heterocycles. The monoisotopic (exact) mass is 571 g/mol. The van der Waals surface area contributed by atoms with Gasteiger partial charge in [-0.1, -0.05) is 46.1 Å². The number of carbonyl (C=O) groups excluding carboxylic acids is 4. The minimum Gasteiger partial charge on any atom is -0.550 e. The summed E-state index contributed by atoms with van der Waals surface area (Å²) in [6.07, 6.45) is 0.347. The summed E-state index contributed by atoms with van der Waals surface area (Å²) in [5.41, 5.74) is -1.01. The maximum atomic E-state index is 12.9. The predicted octanol–water partition coefficient (Wildman–Crippen LogP) is 3.28. The number of benzene rings is 1. The van der Waals surface area contributed by atoms with Crippen molar-refractivity contribution in [3.05, 3.63) is 29.8 Å². The molecule has 8 nitrogen and oxygen atoms in total. The Labute approximate surface area is 233 Å². The van der Waals surface area contributed by atoms with Crippen molar-refractivity contribution in [2.75, 3.05) is 4.90 Å². The zero-order chi connectivity index (χ0) is 30.6. The molecule has 4 atom stereocenters. The summed E-state index contributed by atoms with van der Waals surface area (Å²) in [5, 5.41) is 30.9. The molecule has 1 aliphatic rings. The second-order valence-corrected chi connectivity index (χ2v) is 10.6. The lowest BCUT2D eigenvalue weighted by atomic mass is 9.87. The molecule has 1 aliphatic carbocycles. The molecule has 0 aliphatic heterocycles. The summed E-state index contributed by atoms with van der Waals surface area (Å²) in [6, 6.07) is 3.04. The largest absolute Gasteiger partial charge is 0.550 e. The van der Waals surface area contributed by atoms with Crippen molar-refractivity contribution in [1.29, 1.82) is 0 Å². The van der Waals surface area contributed by atoms with E-state index >= 15 is 0 Å². The highest BCUT2D eigenvalue weighted by Crippen LogP contribution is 2.37. The third-order valence-corrected chi connectivity index (χ3v) is 7.11. The van der Waals surface area contributed by atoms with Gasteiger partial charge in [0.15, 0.2) is 5.78 Å². The molecule has 1 aromatic carbocycles. The summed E-state index contributed by atoms with van der Waals surface area (Å²) in [5.74, 6) is -3.64. The van der Waals surface area contributed by atoms with Crippen molar-refractivity contribution in [2.24, 2.45) is 17.8 Å². The Morgan fingerprint density at radius 1 is 1.05 bits per heavy atom. The van der Waals surface area contributed by atoms with E-state index in [0.29, 0.717) is 0 Å². The summed E-state index contributed by atoms with van der Waals surface area (Å²) in [6.45, 7) is 6.54. The molecule has 0 spiro atoms. The van der Waals surface area contributed by atoms with Crippen LogP contribution in [0.25, 0.3) is 0 Å². The fraction of sp³-hybridized carbons (Fsp3) is 0.655. The fourth-order valence-electron chi connectivity index (χ4n) is 5.21. The SMILES string of the molecule is CC(=O)N(c1cccc(C(F)(F)F)c1)C(C(=O)CCC(=O)[O-])C(C)C.CCCCCC1C(O)CCC1CC(=O)[O-]. The zero-order valence-corrected chi connectivity index (χ0v) is 23.5. The molecule has 2 rings (SSSR count). The average molecular weight is 572 g/mol. The first kappa shape index (κ1) is 35.1. The summed E-state index contributed by atoms with van der Waals surface area (Å²) < 4.78 is 38.8. The van der Waals surface area contributed by atoms with E-state index in [-0.39, 0.29) is 36.5 Å². The maximum Gasteiger partial charge on any atom is 0.416 e. The van der Waals surface area contributed by atoms with E-state index in [0.717, 1.165) is 62.1 Å². The normalized spacial score (nSPS) is 19.5. The van der Waals surface area contributed by atoms with E-state index in [1.54, 1.807) is 13.8 Å². The molecular weight excluding hydrogens is 531 g/mol. The van der Waals surface area contributed by atoms with Gasteiger partial charge in [0.2, 0.25) is 5.91 Å². The van der Waals surface area contributed by atoms with E-state index in [9.17, 15) is 47.7 Å². The molecule has 0 bridgehead atoms. The van der Waals surface area contributed by atoms with Gasteiger partial charge >= 0.3 is 6.18 Å². The van der Waals surface area contributed by atoms with Gasteiger partial charge in [0, 0.05) is 31.0 Å². The second kappa shape index (κ2) is 16.3. The molecular formula is C29H40F3NO7-2. The van der Waals surface area contributed by atoms with Crippen LogP contribution in [0, 0.1) is 17.8 Å². The number of unbranched alkanes of at least 4 members (excludes halogenated alkanes) is 2. The van der Waals surface area contributed by atoms with Crippen molar-refractivity contribution in [1.82, 2.24) is 0 Å². The third kappa shape index (κ3) is 11.3. The van der Waals surface area contributed by atoms with Crippen LogP contribution in [0.5, 0.6) is 0 Å². The average Bonchev–Trinajstić information content (AvgIpc) is 3.18. The number of nitrogens with zero attached hydrogens (tertiary/aromatic N) is 1. The van der Waals surface area contributed by atoms with E-state index in [2.05, 4.69) is 6.92 Å². The summed E-state index contributed by atoms with van der Waals surface area (Å²) in [7, 11) is 0. The van der Waals surface area contributed by atoms with Crippen LogP contribution in [0.2, 0.25) is 0 Å². The van der Waals surface area contributed by atoms with Crippen LogP contribution in [0.4, 0.5) is 18.9 Å². The number of Topliss-reactive ketones (excluding diaryl/α,β-unsaturated/α-hetero) is 1. The summed E-state index contributed by atoms with van der Waals surface area (Å²) >= 11 is 0. The first-order valence-corrected chi connectivity index (χ1v) is 13.7. The van der Waals surface area contributed by atoms with Crippen molar-refractivity contribution in [3.8, 4) is 0 Å². The van der Waals surface area contributed by atoms with Crippen LogP contribution in [-0.2, 0) is 25.4 Å². The highest BCUT2D eigenvalue weighted by atomic mass is 19.4. The minimum atomic E-state index is -4.59. The molecule has 11 heteroatoms. The number of carboxylic acid groups (broad SMARTS) is 2. The lowest BCUT2D eigenvalue weighted by molar-refractivity contribution is -0.307. The van der Waals surface area contributed by atoms with Crippen LogP contribution in [0.15, 0.2) is 24.3 Å². The Bertz CT molecular complexity index is 996. The zero-order valence-electron chi connectivity index (χ0n) is 23.5. The number of amides is 1. The van der Waals surface area contributed by atoms with Crippen molar-refractivity contribution >= 4 is 29.3 Å². The van der Waals surface area contributed by atoms with E-state index in [1.165, 1.54) is 12.5 Å². The Kier molecular flexibility index (Phi) is 14.3. The van der Waals surface area contributed by atoms with Crippen LogP contribution in [-0.4, -0.2) is 40.9 Å². The van der Waals surface area contributed by atoms with Crippen LogP contribution in [0.1, 0.15) is 91.0 Å². The van der Waals surface area contributed by atoms with E-state index in [4.69, 9.17) is 0 Å². The Balaban J connectivity index is 0.000000453. The van der Waals surface area contributed by atoms with Gasteiger partial charge < -0.3 is 29.8 Å². The number of carbonyl (C=O) groups is 4. The van der Waals surface area contributed by atoms with Gasteiger partial charge in [-0.3, -0.25) is 9.59 Å². The number of aliphatic hydroxyl groups excluding tert-OH is 1.